The Morgan fingerprint density at radius 1 is 0.320 bits per heavy atom. The van der Waals surface area contributed by atoms with E-state index in [1.54, 1.807) is 0 Å². The first-order chi connectivity index (χ1) is 24.1. The minimum Gasteiger partial charge on any atom is -0.456 e. The van der Waals surface area contributed by atoms with Crippen LogP contribution in [0.5, 0.6) is 0 Å². The van der Waals surface area contributed by atoms with Crippen molar-refractivity contribution in [1.82, 2.24) is 0 Å². The predicted molar refractivity (Wildman–Crippen MR) is 214 cm³/mol. The standard InChI is InChI=1S/C48H34O2/c1-47(2,3)33-17-13-27-31-21-37-45-43-35(19-15-25(41(31)43)23-9-7-11-29(33)39(23)27)50-38-22-32-28-14-18-34(48(4,5)6)30-12-8-10-24(40(28)30)26-16-20-36(49-37)44(42(26)32)46(38)45/h7-22H,1-6H3. The van der Waals surface area contributed by atoms with Gasteiger partial charge in [0.05, 0.1) is 0 Å². The molecule has 0 amide bonds. The van der Waals surface area contributed by atoms with E-state index in [1.807, 2.05) is 0 Å². The molecule has 0 fully saturated rings. The first-order valence-corrected chi connectivity index (χ1v) is 17.9. The molecule has 0 radical (unpaired) electrons. The third-order valence-electron chi connectivity index (χ3n) is 12.0. The highest BCUT2D eigenvalue weighted by Crippen LogP contribution is 2.55. The summed E-state index contributed by atoms with van der Waals surface area (Å²) in [5.74, 6) is 0. The third-order valence-corrected chi connectivity index (χ3v) is 12.0. The summed E-state index contributed by atoms with van der Waals surface area (Å²) in [4.78, 5) is 0. The van der Waals surface area contributed by atoms with E-state index in [4.69, 9.17) is 8.83 Å². The van der Waals surface area contributed by atoms with Crippen molar-refractivity contribution in [2.45, 2.75) is 52.4 Å². The largest absolute Gasteiger partial charge is 0.456 e. The Labute approximate surface area is 288 Å². The predicted octanol–water partition coefficient (Wildman–Crippen LogP) is 14.4. The quantitative estimate of drug-likeness (QED) is 0.122. The summed E-state index contributed by atoms with van der Waals surface area (Å²) in [5, 5.41) is 20.2. The molecule has 0 saturated carbocycles. The molecular formula is C48H34O2. The molecule has 2 heterocycles. The monoisotopic (exact) mass is 642 g/mol. The summed E-state index contributed by atoms with van der Waals surface area (Å²) >= 11 is 0. The molecule has 0 atom stereocenters. The van der Waals surface area contributed by atoms with Crippen molar-refractivity contribution >= 4 is 109 Å². The number of hydrogen-bond donors (Lipinski definition) is 0. The van der Waals surface area contributed by atoms with Gasteiger partial charge in [-0.3, -0.25) is 0 Å². The van der Waals surface area contributed by atoms with Gasteiger partial charge in [-0.1, -0.05) is 102 Å². The Morgan fingerprint density at radius 2 is 0.680 bits per heavy atom. The first-order valence-electron chi connectivity index (χ1n) is 17.9. The molecule has 0 aromatic heterocycles. The van der Waals surface area contributed by atoms with E-state index >= 15 is 0 Å². The zero-order chi connectivity index (χ0) is 33.6. The Kier molecular flexibility index (Phi) is 4.58. The lowest BCUT2D eigenvalue weighted by atomic mass is 9.78. The molecule has 2 aliphatic heterocycles. The number of rotatable bonds is 0. The van der Waals surface area contributed by atoms with Crippen molar-refractivity contribution in [3.8, 4) is 11.1 Å². The van der Waals surface area contributed by atoms with E-state index in [-0.39, 0.29) is 10.8 Å². The van der Waals surface area contributed by atoms with Gasteiger partial charge in [0.2, 0.25) is 0 Å². The molecule has 10 aromatic carbocycles. The van der Waals surface area contributed by atoms with E-state index in [1.165, 1.54) is 86.5 Å². The van der Waals surface area contributed by atoms with Gasteiger partial charge in [-0.05, 0) is 123 Å². The molecule has 2 nitrogen and oxygen atoms in total. The summed E-state index contributed by atoms with van der Waals surface area (Å²) < 4.78 is 14.1. The smallest absolute Gasteiger partial charge is 0.136 e. The molecule has 2 aliphatic rings. The van der Waals surface area contributed by atoms with Crippen LogP contribution in [0.15, 0.2) is 106 Å². The van der Waals surface area contributed by atoms with Crippen LogP contribution in [-0.2, 0) is 10.8 Å². The fourth-order valence-corrected chi connectivity index (χ4v) is 9.98. The molecule has 0 aliphatic carbocycles. The molecule has 0 saturated heterocycles. The van der Waals surface area contributed by atoms with Crippen molar-refractivity contribution in [3.05, 3.63) is 108 Å². The van der Waals surface area contributed by atoms with Crippen molar-refractivity contribution in [1.29, 1.82) is 0 Å². The molecular weight excluding hydrogens is 609 g/mol. The van der Waals surface area contributed by atoms with E-state index in [2.05, 4.69) is 139 Å². The average Bonchev–Trinajstić information content (AvgIpc) is 3.09. The molecule has 0 bridgehead atoms. The van der Waals surface area contributed by atoms with Gasteiger partial charge < -0.3 is 8.83 Å². The van der Waals surface area contributed by atoms with Gasteiger partial charge in [-0.15, -0.1) is 0 Å². The zero-order valence-electron chi connectivity index (χ0n) is 29.1. The molecule has 0 unspecified atom stereocenters. The van der Waals surface area contributed by atoms with Crippen LogP contribution in [0.25, 0.3) is 120 Å². The highest BCUT2D eigenvalue weighted by Gasteiger charge is 2.30. The Balaban J connectivity index is 1.31. The van der Waals surface area contributed by atoms with Crippen LogP contribution < -0.4 is 0 Å². The topological polar surface area (TPSA) is 26.3 Å². The van der Waals surface area contributed by atoms with Gasteiger partial charge in [-0.2, -0.15) is 0 Å². The van der Waals surface area contributed by atoms with Crippen molar-refractivity contribution < 1.29 is 8.83 Å². The second kappa shape index (κ2) is 8.40. The highest BCUT2D eigenvalue weighted by molar-refractivity contribution is 6.42. The van der Waals surface area contributed by atoms with Crippen LogP contribution in [0.1, 0.15) is 52.7 Å². The second-order valence-electron chi connectivity index (χ2n) is 16.8. The van der Waals surface area contributed by atoms with Gasteiger partial charge in [0.25, 0.3) is 0 Å². The number of hydrogen-bond acceptors (Lipinski definition) is 2. The molecule has 0 N–H and O–H groups in total. The summed E-state index contributed by atoms with van der Waals surface area (Å²) in [5.41, 5.74) is 8.74. The van der Waals surface area contributed by atoms with E-state index in [0.29, 0.717) is 0 Å². The molecule has 0 spiro atoms. The highest BCUT2D eigenvalue weighted by atomic mass is 16.3. The van der Waals surface area contributed by atoms with Gasteiger partial charge >= 0.3 is 0 Å². The van der Waals surface area contributed by atoms with Gasteiger partial charge in [-0.25, -0.2) is 0 Å². The lowest BCUT2D eigenvalue weighted by Crippen LogP contribution is -2.11. The van der Waals surface area contributed by atoms with Gasteiger partial charge in [0, 0.05) is 32.7 Å². The molecule has 12 rings (SSSR count). The first kappa shape index (κ1) is 27.2. The zero-order valence-corrected chi connectivity index (χ0v) is 29.1. The summed E-state index contributed by atoms with van der Waals surface area (Å²) in [6, 6.07) is 36.6. The summed E-state index contributed by atoms with van der Waals surface area (Å²) in [6.45, 7) is 13.8. The van der Waals surface area contributed by atoms with Gasteiger partial charge in [0.15, 0.2) is 0 Å². The van der Waals surface area contributed by atoms with Crippen LogP contribution in [0.2, 0.25) is 0 Å². The normalized spacial score (nSPS) is 13.8. The van der Waals surface area contributed by atoms with Crippen molar-refractivity contribution in [3.63, 3.8) is 0 Å². The Hall–Kier alpha value is -5.60. The maximum absolute atomic E-state index is 7.06. The molecule has 50 heavy (non-hydrogen) atoms. The minimum atomic E-state index is 0.0320. The Morgan fingerprint density at radius 3 is 1.10 bits per heavy atom. The van der Waals surface area contributed by atoms with Crippen LogP contribution in [-0.4, -0.2) is 0 Å². The Bertz CT molecular complexity index is 3140. The third kappa shape index (κ3) is 3.05. The molecule has 10 aromatic rings. The van der Waals surface area contributed by atoms with Gasteiger partial charge in [0.1, 0.15) is 22.3 Å². The fourth-order valence-electron chi connectivity index (χ4n) is 9.98. The minimum absolute atomic E-state index is 0.0320. The lowest BCUT2D eigenvalue weighted by Gasteiger charge is -2.26. The average molecular weight is 643 g/mol. The fraction of sp³-hybridized carbons (Fsp3) is 0.167. The SMILES string of the molecule is CC(C)(C)c1ccc2c3cc4oc5ccc6c7cccc8c(C(C)(C)C)ccc(c9cc%10oc%11ccc(c%12cccc1c%122)c3c%11c4-c%10c5c69)c87. The number of fused-ring (bicyclic) bond motifs is 4. The lowest BCUT2D eigenvalue weighted by molar-refractivity contribution is 0.596. The van der Waals surface area contributed by atoms with E-state index in [9.17, 15) is 0 Å². The molecule has 2 heteroatoms. The number of benzene rings is 10. The van der Waals surface area contributed by atoms with Crippen LogP contribution in [0.4, 0.5) is 0 Å². The summed E-state index contributed by atoms with van der Waals surface area (Å²) in [7, 11) is 0. The molecule has 238 valence electrons. The van der Waals surface area contributed by atoms with Crippen LogP contribution in [0, 0.1) is 0 Å². The maximum Gasteiger partial charge on any atom is 0.136 e. The second-order valence-corrected chi connectivity index (χ2v) is 16.8. The maximum atomic E-state index is 7.06. The van der Waals surface area contributed by atoms with Crippen molar-refractivity contribution in [2.75, 3.05) is 0 Å². The summed E-state index contributed by atoms with van der Waals surface area (Å²) in [6.07, 6.45) is 0. The van der Waals surface area contributed by atoms with E-state index in [0.717, 1.165) is 44.2 Å². The van der Waals surface area contributed by atoms with Crippen LogP contribution >= 0.6 is 0 Å². The van der Waals surface area contributed by atoms with Crippen molar-refractivity contribution in [2.24, 2.45) is 0 Å². The van der Waals surface area contributed by atoms with E-state index < -0.39 is 0 Å². The van der Waals surface area contributed by atoms with Crippen LogP contribution in [0.3, 0.4) is 0 Å².